The number of ether oxygens (including phenoxy) is 1. The molecule has 3 aliphatic heterocycles. The van der Waals surface area contributed by atoms with E-state index in [0.717, 1.165) is 90.4 Å². The summed E-state index contributed by atoms with van der Waals surface area (Å²) in [7, 11) is 0. The second kappa shape index (κ2) is 13.7. The summed E-state index contributed by atoms with van der Waals surface area (Å²) >= 11 is 0. The monoisotopic (exact) mass is 535 g/mol. The third-order valence-electron chi connectivity index (χ3n) is 6.64. The van der Waals surface area contributed by atoms with E-state index in [9.17, 15) is 4.79 Å². The number of halogens is 1. The van der Waals surface area contributed by atoms with E-state index in [1.54, 1.807) is 0 Å². The van der Waals surface area contributed by atoms with Crippen LogP contribution >= 0.6 is 24.0 Å². The molecule has 7 nitrogen and oxygen atoms in total. The van der Waals surface area contributed by atoms with Gasteiger partial charge in [-0.25, -0.2) is 0 Å². The second-order valence-corrected chi connectivity index (χ2v) is 8.70. The fraction of sp³-hybridized carbons (Fsp3) is 0.909. The summed E-state index contributed by atoms with van der Waals surface area (Å²) in [5.41, 5.74) is 0.162. The highest BCUT2D eigenvalue weighted by molar-refractivity contribution is 14.0. The van der Waals surface area contributed by atoms with E-state index in [4.69, 9.17) is 9.73 Å². The van der Waals surface area contributed by atoms with Gasteiger partial charge in [0.1, 0.15) is 0 Å². The molecule has 2 N–H and O–H groups in total. The minimum Gasteiger partial charge on any atom is -0.381 e. The summed E-state index contributed by atoms with van der Waals surface area (Å²) in [6, 6.07) is 0. The van der Waals surface area contributed by atoms with Crippen LogP contribution in [0.25, 0.3) is 0 Å². The number of carbonyl (C=O) groups is 1. The number of hydrogen-bond donors (Lipinski definition) is 2. The Balaban J connectivity index is 0.00000320. The van der Waals surface area contributed by atoms with Gasteiger partial charge in [0.25, 0.3) is 0 Å². The highest BCUT2D eigenvalue weighted by Gasteiger charge is 2.39. The molecule has 3 fully saturated rings. The van der Waals surface area contributed by atoms with E-state index >= 15 is 0 Å². The van der Waals surface area contributed by atoms with Crippen LogP contribution in [0.2, 0.25) is 0 Å². The lowest BCUT2D eigenvalue weighted by atomic mass is 9.88. The van der Waals surface area contributed by atoms with Crippen LogP contribution < -0.4 is 10.6 Å². The molecule has 30 heavy (non-hydrogen) atoms. The van der Waals surface area contributed by atoms with Gasteiger partial charge >= 0.3 is 0 Å². The minimum atomic E-state index is 0. The highest BCUT2D eigenvalue weighted by Crippen LogP contribution is 2.31. The number of amides is 1. The topological polar surface area (TPSA) is 69.2 Å². The van der Waals surface area contributed by atoms with Crippen molar-refractivity contribution in [3.8, 4) is 0 Å². The van der Waals surface area contributed by atoms with Gasteiger partial charge < -0.3 is 20.3 Å². The van der Waals surface area contributed by atoms with Crippen molar-refractivity contribution >= 4 is 35.8 Å². The number of hydrogen-bond acceptors (Lipinski definition) is 4. The van der Waals surface area contributed by atoms with Gasteiger partial charge in [0, 0.05) is 51.4 Å². The van der Waals surface area contributed by atoms with Crippen LogP contribution in [0.4, 0.5) is 0 Å². The Kier molecular flexibility index (Phi) is 11.7. The molecule has 0 aromatic carbocycles. The molecule has 174 valence electrons. The lowest BCUT2D eigenvalue weighted by molar-refractivity contribution is -0.130. The first-order valence-electron chi connectivity index (χ1n) is 11.9. The molecule has 0 bridgehead atoms. The summed E-state index contributed by atoms with van der Waals surface area (Å²) in [6.07, 6.45) is 9.82. The summed E-state index contributed by atoms with van der Waals surface area (Å²) in [4.78, 5) is 21.8. The fourth-order valence-corrected chi connectivity index (χ4v) is 4.84. The lowest BCUT2D eigenvalue weighted by Crippen LogP contribution is -2.54. The molecule has 0 spiro atoms. The molecule has 0 saturated carbocycles. The first-order valence-corrected chi connectivity index (χ1v) is 11.9. The van der Waals surface area contributed by atoms with E-state index in [0.29, 0.717) is 5.91 Å². The van der Waals surface area contributed by atoms with E-state index in [2.05, 4.69) is 22.5 Å². The molecule has 0 atom stereocenters. The summed E-state index contributed by atoms with van der Waals surface area (Å²) in [5.74, 6) is 1.23. The van der Waals surface area contributed by atoms with Crippen molar-refractivity contribution in [1.82, 2.24) is 20.4 Å². The Morgan fingerprint density at radius 3 is 2.53 bits per heavy atom. The number of carbonyl (C=O) groups excluding carboxylic acids is 1. The number of nitrogens with zero attached hydrogens (tertiary/aromatic N) is 3. The van der Waals surface area contributed by atoms with E-state index in [1.165, 1.54) is 32.4 Å². The molecule has 0 aromatic rings. The Hall–Kier alpha value is -0.610. The predicted molar refractivity (Wildman–Crippen MR) is 133 cm³/mol. The summed E-state index contributed by atoms with van der Waals surface area (Å²) in [5, 5.41) is 6.89. The average Bonchev–Trinajstić information content (AvgIpc) is 3.22. The van der Waals surface area contributed by atoms with Crippen LogP contribution in [-0.2, 0) is 9.53 Å². The molecule has 0 aliphatic carbocycles. The molecule has 8 heteroatoms. The number of rotatable bonds is 8. The van der Waals surface area contributed by atoms with Gasteiger partial charge in [-0.05, 0) is 65.0 Å². The van der Waals surface area contributed by atoms with Gasteiger partial charge in [-0.15, -0.1) is 24.0 Å². The van der Waals surface area contributed by atoms with Crippen molar-refractivity contribution < 1.29 is 9.53 Å². The molecule has 3 heterocycles. The maximum Gasteiger partial charge on any atom is 0.222 e. The Morgan fingerprint density at radius 1 is 1.07 bits per heavy atom. The van der Waals surface area contributed by atoms with Gasteiger partial charge in [0.15, 0.2) is 5.96 Å². The number of nitrogens with one attached hydrogen (secondary N) is 2. The van der Waals surface area contributed by atoms with Gasteiger partial charge in [-0.3, -0.25) is 14.7 Å². The molecule has 3 rings (SSSR count). The minimum absolute atomic E-state index is 0. The molecule has 3 aliphatic rings. The van der Waals surface area contributed by atoms with Crippen LogP contribution in [0, 0.1) is 0 Å². The van der Waals surface area contributed by atoms with Crippen molar-refractivity contribution in [1.29, 1.82) is 0 Å². The van der Waals surface area contributed by atoms with Crippen molar-refractivity contribution in [2.75, 3.05) is 59.0 Å². The highest BCUT2D eigenvalue weighted by atomic mass is 127. The van der Waals surface area contributed by atoms with Gasteiger partial charge in [0.05, 0.1) is 6.54 Å². The third-order valence-corrected chi connectivity index (χ3v) is 6.64. The van der Waals surface area contributed by atoms with Crippen molar-refractivity contribution in [2.24, 2.45) is 4.99 Å². The normalized spacial score (nSPS) is 23.0. The molecule has 1 amide bonds. The van der Waals surface area contributed by atoms with E-state index in [-0.39, 0.29) is 29.5 Å². The number of guanidine groups is 1. The van der Waals surface area contributed by atoms with Crippen LogP contribution in [0.1, 0.15) is 64.7 Å². The van der Waals surface area contributed by atoms with Gasteiger partial charge in [-0.1, -0.05) is 6.42 Å². The van der Waals surface area contributed by atoms with Crippen LogP contribution in [0.15, 0.2) is 4.99 Å². The largest absolute Gasteiger partial charge is 0.381 e. The van der Waals surface area contributed by atoms with Gasteiger partial charge in [-0.2, -0.15) is 0 Å². The van der Waals surface area contributed by atoms with Crippen molar-refractivity contribution in [2.45, 2.75) is 70.3 Å². The van der Waals surface area contributed by atoms with E-state index in [1.807, 2.05) is 4.90 Å². The maximum atomic E-state index is 12.1. The zero-order valence-electron chi connectivity index (χ0n) is 18.8. The van der Waals surface area contributed by atoms with Crippen LogP contribution in [0.3, 0.4) is 0 Å². The molecular weight excluding hydrogens is 493 g/mol. The average molecular weight is 536 g/mol. The molecule has 0 aromatic heterocycles. The van der Waals surface area contributed by atoms with Crippen molar-refractivity contribution in [3.05, 3.63) is 0 Å². The van der Waals surface area contributed by atoms with E-state index < -0.39 is 0 Å². The second-order valence-electron chi connectivity index (χ2n) is 8.70. The van der Waals surface area contributed by atoms with Crippen LogP contribution in [0.5, 0.6) is 0 Å². The predicted octanol–water partition coefficient (Wildman–Crippen LogP) is 2.60. The quantitative estimate of drug-likeness (QED) is 0.217. The number of likely N-dealkylation sites (tertiary alicyclic amines) is 2. The summed E-state index contributed by atoms with van der Waals surface area (Å²) < 4.78 is 5.65. The Morgan fingerprint density at radius 2 is 1.80 bits per heavy atom. The molecule has 0 unspecified atom stereocenters. The zero-order chi connectivity index (χ0) is 20.4. The maximum absolute atomic E-state index is 12.1. The number of aliphatic imine (C=N–C) groups is 1. The molecule has 0 radical (unpaired) electrons. The SMILES string of the molecule is CCNC(=NCC1(N2CCCC2)CCOCC1)NCCCN1CCCCCC1=O.I. The summed E-state index contributed by atoms with van der Waals surface area (Å²) in [6.45, 7) is 10.5. The van der Waals surface area contributed by atoms with Gasteiger partial charge in [0.2, 0.25) is 5.91 Å². The zero-order valence-corrected chi connectivity index (χ0v) is 21.1. The van der Waals surface area contributed by atoms with Crippen molar-refractivity contribution in [3.63, 3.8) is 0 Å². The lowest BCUT2D eigenvalue weighted by Gasteiger charge is -2.43. The smallest absolute Gasteiger partial charge is 0.222 e. The third kappa shape index (κ3) is 7.51. The first-order chi connectivity index (χ1) is 14.2. The standard InChI is InChI=1S/C22H41N5O2.HI/c1-2-23-21(24-12-8-14-26-13-5-3-4-9-20(26)28)25-19-22(10-17-29-18-11-22)27-15-6-7-16-27;/h2-19H2,1H3,(H2,23,24,25);1H. The fourth-order valence-electron chi connectivity index (χ4n) is 4.84. The Labute approximate surface area is 199 Å². The molecule has 3 saturated heterocycles. The first kappa shape index (κ1) is 25.6. The molecular formula is C22H42IN5O2. The van der Waals surface area contributed by atoms with Crippen LogP contribution in [-0.4, -0.2) is 86.2 Å². The Bertz CT molecular complexity index is 534.